The molecule has 0 atom stereocenters. The quantitative estimate of drug-likeness (QED) is 0.866. The Kier molecular flexibility index (Phi) is 2.52. The SMILES string of the molecule is Cc1sc(-c2ncc(N)cn2)cc1Br. The van der Waals surface area contributed by atoms with E-state index in [9.17, 15) is 0 Å². The zero-order chi connectivity index (χ0) is 10.1. The molecule has 2 heterocycles. The van der Waals surface area contributed by atoms with Gasteiger partial charge in [-0.1, -0.05) is 0 Å². The molecule has 5 heteroatoms. The van der Waals surface area contributed by atoms with Crippen LogP contribution < -0.4 is 5.73 Å². The minimum atomic E-state index is 0.584. The summed E-state index contributed by atoms with van der Waals surface area (Å²) in [6.45, 7) is 2.05. The zero-order valence-corrected chi connectivity index (χ0v) is 9.89. The Hall–Kier alpha value is -0.940. The van der Waals surface area contributed by atoms with Gasteiger partial charge in [0.2, 0.25) is 0 Å². The van der Waals surface area contributed by atoms with Crippen LogP contribution in [0.5, 0.6) is 0 Å². The third-order valence-corrected chi connectivity index (χ3v) is 3.88. The molecule has 72 valence electrons. The van der Waals surface area contributed by atoms with Gasteiger partial charge in [0, 0.05) is 9.35 Å². The van der Waals surface area contributed by atoms with Crippen molar-refractivity contribution in [1.29, 1.82) is 0 Å². The number of aryl methyl sites for hydroxylation is 1. The first-order valence-electron chi connectivity index (χ1n) is 4.00. The molecule has 2 N–H and O–H groups in total. The lowest BCUT2D eigenvalue weighted by Gasteiger charge is -1.94. The summed E-state index contributed by atoms with van der Waals surface area (Å²) < 4.78 is 1.10. The van der Waals surface area contributed by atoms with Crippen molar-refractivity contribution in [2.45, 2.75) is 6.92 Å². The molecule has 0 aromatic carbocycles. The average molecular weight is 270 g/mol. The van der Waals surface area contributed by atoms with Gasteiger partial charge in [0.15, 0.2) is 5.82 Å². The van der Waals surface area contributed by atoms with Crippen molar-refractivity contribution in [3.8, 4) is 10.7 Å². The Balaban J connectivity index is 2.44. The predicted molar refractivity (Wildman–Crippen MR) is 62.2 cm³/mol. The number of aromatic nitrogens is 2. The summed E-state index contributed by atoms with van der Waals surface area (Å²) in [6.07, 6.45) is 3.23. The first-order chi connectivity index (χ1) is 6.66. The van der Waals surface area contributed by atoms with E-state index in [2.05, 4.69) is 32.8 Å². The second-order valence-electron chi connectivity index (χ2n) is 2.85. The number of nitrogens with two attached hydrogens (primary N) is 1. The van der Waals surface area contributed by atoms with E-state index in [1.807, 2.05) is 6.07 Å². The van der Waals surface area contributed by atoms with Gasteiger partial charge >= 0.3 is 0 Å². The highest BCUT2D eigenvalue weighted by Crippen LogP contribution is 2.31. The van der Waals surface area contributed by atoms with E-state index < -0.39 is 0 Å². The van der Waals surface area contributed by atoms with Gasteiger partial charge < -0.3 is 5.73 Å². The summed E-state index contributed by atoms with van der Waals surface area (Å²) >= 11 is 5.12. The maximum absolute atomic E-state index is 5.51. The number of nitrogens with zero attached hydrogens (tertiary/aromatic N) is 2. The molecule has 0 amide bonds. The Bertz CT molecular complexity index is 430. The first kappa shape index (κ1) is 9.61. The molecule has 0 saturated carbocycles. The summed E-state index contributed by atoms with van der Waals surface area (Å²) in [6, 6.07) is 2.02. The van der Waals surface area contributed by atoms with Crippen LogP contribution in [0.1, 0.15) is 4.88 Å². The topological polar surface area (TPSA) is 51.8 Å². The number of nitrogen functional groups attached to an aromatic ring is 1. The van der Waals surface area contributed by atoms with Gasteiger partial charge in [-0.3, -0.25) is 0 Å². The molecule has 0 spiro atoms. The molecule has 0 fully saturated rings. The summed E-state index contributed by atoms with van der Waals surface area (Å²) in [4.78, 5) is 10.6. The maximum atomic E-state index is 5.51. The number of halogens is 1. The fourth-order valence-electron chi connectivity index (χ4n) is 1.04. The molecule has 2 aromatic heterocycles. The van der Waals surface area contributed by atoms with Gasteiger partial charge in [0.25, 0.3) is 0 Å². The standard InChI is InChI=1S/C9H8BrN3S/c1-5-7(10)2-8(14-5)9-12-3-6(11)4-13-9/h2-4H,11H2,1H3. The normalized spacial score (nSPS) is 10.4. The lowest BCUT2D eigenvalue weighted by molar-refractivity contribution is 1.19. The molecule has 0 aliphatic rings. The lowest BCUT2D eigenvalue weighted by Crippen LogP contribution is -1.90. The van der Waals surface area contributed by atoms with Gasteiger partial charge in [0.05, 0.1) is 23.0 Å². The van der Waals surface area contributed by atoms with Gasteiger partial charge in [-0.15, -0.1) is 11.3 Å². The van der Waals surface area contributed by atoms with E-state index in [-0.39, 0.29) is 0 Å². The summed E-state index contributed by atoms with van der Waals surface area (Å²) in [5.74, 6) is 0.720. The van der Waals surface area contributed by atoms with Crippen molar-refractivity contribution in [1.82, 2.24) is 9.97 Å². The van der Waals surface area contributed by atoms with Crippen LogP contribution in [0.4, 0.5) is 5.69 Å². The van der Waals surface area contributed by atoms with E-state index in [1.165, 1.54) is 4.88 Å². The van der Waals surface area contributed by atoms with Crippen molar-refractivity contribution >= 4 is 33.0 Å². The molecule has 2 rings (SSSR count). The highest BCUT2D eigenvalue weighted by molar-refractivity contribution is 9.10. The Labute approximate surface area is 94.1 Å². The predicted octanol–water partition coefficient (Wildman–Crippen LogP) is 2.86. The van der Waals surface area contributed by atoms with Crippen LogP contribution in [-0.2, 0) is 0 Å². The lowest BCUT2D eigenvalue weighted by atomic mass is 10.4. The average Bonchev–Trinajstić information content (AvgIpc) is 2.48. The van der Waals surface area contributed by atoms with Crippen LogP contribution in [-0.4, -0.2) is 9.97 Å². The Morgan fingerprint density at radius 1 is 1.36 bits per heavy atom. The summed E-state index contributed by atoms with van der Waals surface area (Å²) in [5.41, 5.74) is 6.09. The Morgan fingerprint density at radius 2 is 2.00 bits per heavy atom. The minimum absolute atomic E-state index is 0.584. The van der Waals surface area contributed by atoms with Crippen LogP contribution >= 0.6 is 27.3 Å². The highest BCUT2D eigenvalue weighted by Gasteiger charge is 2.06. The molecule has 0 aliphatic heterocycles. The minimum Gasteiger partial charge on any atom is -0.396 e. The molecule has 0 aliphatic carbocycles. The van der Waals surface area contributed by atoms with E-state index in [0.717, 1.165) is 15.2 Å². The van der Waals surface area contributed by atoms with E-state index in [0.29, 0.717) is 5.69 Å². The second-order valence-corrected chi connectivity index (χ2v) is 4.97. The third-order valence-electron chi connectivity index (χ3n) is 1.75. The number of thiophene rings is 1. The van der Waals surface area contributed by atoms with Gasteiger partial charge in [-0.05, 0) is 28.9 Å². The van der Waals surface area contributed by atoms with Crippen LogP contribution in [0.25, 0.3) is 10.7 Å². The fraction of sp³-hybridized carbons (Fsp3) is 0.111. The van der Waals surface area contributed by atoms with Crippen LogP contribution in [0.3, 0.4) is 0 Å². The van der Waals surface area contributed by atoms with Gasteiger partial charge in [0.1, 0.15) is 0 Å². The first-order valence-corrected chi connectivity index (χ1v) is 5.61. The van der Waals surface area contributed by atoms with Crippen LogP contribution in [0.2, 0.25) is 0 Å². The number of rotatable bonds is 1. The molecule has 0 radical (unpaired) electrons. The third kappa shape index (κ3) is 1.78. The van der Waals surface area contributed by atoms with Crippen LogP contribution in [0, 0.1) is 6.92 Å². The van der Waals surface area contributed by atoms with Crippen molar-refractivity contribution in [3.05, 3.63) is 27.8 Å². The summed E-state index contributed by atoms with van der Waals surface area (Å²) in [7, 11) is 0. The van der Waals surface area contributed by atoms with E-state index in [4.69, 9.17) is 5.73 Å². The van der Waals surface area contributed by atoms with Crippen molar-refractivity contribution < 1.29 is 0 Å². The highest BCUT2D eigenvalue weighted by atomic mass is 79.9. The van der Waals surface area contributed by atoms with E-state index in [1.54, 1.807) is 23.7 Å². The summed E-state index contributed by atoms with van der Waals surface area (Å²) in [5, 5.41) is 0. The molecule has 0 unspecified atom stereocenters. The van der Waals surface area contributed by atoms with Gasteiger partial charge in [-0.2, -0.15) is 0 Å². The molecule has 0 bridgehead atoms. The van der Waals surface area contributed by atoms with Crippen molar-refractivity contribution in [3.63, 3.8) is 0 Å². The number of hydrogen-bond acceptors (Lipinski definition) is 4. The number of hydrogen-bond donors (Lipinski definition) is 1. The molecule has 0 saturated heterocycles. The zero-order valence-electron chi connectivity index (χ0n) is 7.49. The Morgan fingerprint density at radius 3 is 2.50 bits per heavy atom. The second kappa shape index (κ2) is 3.67. The maximum Gasteiger partial charge on any atom is 0.169 e. The van der Waals surface area contributed by atoms with Crippen molar-refractivity contribution in [2.75, 3.05) is 5.73 Å². The van der Waals surface area contributed by atoms with Crippen molar-refractivity contribution in [2.24, 2.45) is 0 Å². The smallest absolute Gasteiger partial charge is 0.169 e. The molecular formula is C9H8BrN3S. The number of anilines is 1. The molecule has 3 nitrogen and oxygen atoms in total. The van der Waals surface area contributed by atoms with Gasteiger partial charge in [-0.25, -0.2) is 9.97 Å². The molecule has 14 heavy (non-hydrogen) atoms. The fourth-order valence-corrected chi connectivity index (χ4v) is 2.52. The monoisotopic (exact) mass is 269 g/mol. The van der Waals surface area contributed by atoms with E-state index >= 15 is 0 Å². The largest absolute Gasteiger partial charge is 0.396 e. The molecule has 2 aromatic rings. The molecular weight excluding hydrogens is 262 g/mol. The van der Waals surface area contributed by atoms with Crippen LogP contribution in [0.15, 0.2) is 22.9 Å².